The second-order valence-corrected chi connectivity index (χ2v) is 6.10. The number of carbonyl (C=O) groups is 1. The van der Waals surface area contributed by atoms with E-state index >= 15 is 0 Å². The molecule has 28 heavy (non-hydrogen) atoms. The molecule has 0 spiro atoms. The lowest BCUT2D eigenvalue weighted by Crippen LogP contribution is -2.38. The Bertz CT molecular complexity index is 952. The Morgan fingerprint density at radius 3 is 2.46 bits per heavy atom. The molecular formula is C16H13F6N5O. The largest absolute Gasteiger partial charge is 0.451 e. The lowest BCUT2D eigenvalue weighted by molar-refractivity contribution is -0.148. The Balaban J connectivity index is 1.71. The van der Waals surface area contributed by atoms with Crippen molar-refractivity contribution in [3.8, 4) is 0 Å². The number of fused-ring (bicyclic) bond motifs is 1. The summed E-state index contributed by atoms with van der Waals surface area (Å²) in [5.74, 6) is -5.44. The fraction of sp³-hybridized carbons (Fsp3) is 0.312. The van der Waals surface area contributed by atoms with Crippen LogP contribution in [0.3, 0.4) is 0 Å². The van der Waals surface area contributed by atoms with E-state index in [0.717, 1.165) is 10.6 Å². The van der Waals surface area contributed by atoms with E-state index in [1.807, 2.05) is 0 Å². The van der Waals surface area contributed by atoms with Crippen molar-refractivity contribution < 1.29 is 31.1 Å². The molecule has 0 aliphatic carbocycles. The molecule has 1 amide bonds. The maximum atomic E-state index is 13.7. The summed E-state index contributed by atoms with van der Waals surface area (Å²) in [6.45, 7) is -0.421. The van der Waals surface area contributed by atoms with Crippen LogP contribution in [0, 0.1) is 17.5 Å². The van der Waals surface area contributed by atoms with Gasteiger partial charge in [0.05, 0.1) is 6.54 Å². The van der Waals surface area contributed by atoms with Gasteiger partial charge in [-0.2, -0.15) is 13.2 Å². The van der Waals surface area contributed by atoms with Crippen molar-refractivity contribution in [2.24, 2.45) is 5.73 Å². The van der Waals surface area contributed by atoms with Crippen LogP contribution in [0.15, 0.2) is 23.9 Å². The first-order chi connectivity index (χ1) is 13.1. The number of nitrogens with zero attached hydrogens (tertiary/aromatic N) is 4. The van der Waals surface area contributed by atoms with Gasteiger partial charge < -0.3 is 15.2 Å². The number of halogens is 6. The summed E-state index contributed by atoms with van der Waals surface area (Å²) >= 11 is 0. The normalized spacial score (nSPS) is 14.9. The van der Waals surface area contributed by atoms with Crippen LogP contribution in [0.25, 0.3) is 0 Å². The SMILES string of the molecule is N/C(=C/C(=O)N1CCn2c(nnc2C(F)(F)F)C1)Cc1cc(F)c(F)cc1F. The zero-order chi connectivity index (χ0) is 20.6. The molecule has 0 unspecified atom stereocenters. The summed E-state index contributed by atoms with van der Waals surface area (Å²) in [4.78, 5) is 13.5. The summed E-state index contributed by atoms with van der Waals surface area (Å²) in [5.41, 5.74) is 5.31. The summed E-state index contributed by atoms with van der Waals surface area (Å²) in [6, 6.07) is 1.01. The second kappa shape index (κ2) is 7.17. The van der Waals surface area contributed by atoms with Gasteiger partial charge in [-0.1, -0.05) is 0 Å². The predicted octanol–water partition coefficient (Wildman–Crippen LogP) is 2.14. The third kappa shape index (κ3) is 3.94. The van der Waals surface area contributed by atoms with E-state index in [1.54, 1.807) is 0 Å². The Hall–Kier alpha value is -3.05. The minimum absolute atomic E-state index is 0.0365. The molecule has 2 aromatic rings. The van der Waals surface area contributed by atoms with Gasteiger partial charge in [0.1, 0.15) is 5.82 Å². The third-order valence-corrected chi connectivity index (χ3v) is 4.11. The number of hydrogen-bond donors (Lipinski definition) is 1. The number of nitrogens with two attached hydrogens (primary N) is 1. The molecule has 1 aliphatic rings. The number of allylic oxidation sites excluding steroid dienone is 1. The molecule has 2 N–H and O–H groups in total. The summed E-state index contributed by atoms with van der Waals surface area (Å²) < 4.78 is 79.2. The smallest absolute Gasteiger partial charge is 0.402 e. The summed E-state index contributed by atoms with van der Waals surface area (Å²) in [7, 11) is 0. The van der Waals surface area contributed by atoms with Crippen LogP contribution in [-0.2, 0) is 30.5 Å². The molecule has 1 aromatic heterocycles. The number of rotatable bonds is 3. The fourth-order valence-electron chi connectivity index (χ4n) is 2.78. The van der Waals surface area contributed by atoms with E-state index in [1.165, 1.54) is 4.90 Å². The molecule has 2 heterocycles. The Morgan fingerprint density at radius 2 is 1.79 bits per heavy atom. The van der Waals surface area contributed by atoms with Crippen molar-refractivity contribution in [1.29, 1.82) is 0 Å². The van der Waals surface area contributed by atoms with E-state index in [-0.39, 0.29) is 43.1 Å². The maximum Gasteiger partial charge on any atom is 0.451 e. The molecule has 0 fully saturated rings. The second-order valence-electron chi connectivity index (χ2n) is 6.10. The topological polar surface area (TPSA) is 77.0 Å². The number of carbonyl (C=O) groups excluding carboxylic acids is 1. The van der Waals surface area contributed by atoms with Crippen LogP contribution in [0.1, 0.15) is 17.2 Å². The van der Waals surface area contributed by atoms with Crippen LogP contribution in [0.5, 0.6) is 0 Å². The summed E-state index contributed by atoms with van der Waals surface area (Å²) in [6.07, 6.45) is -4.05. The average Bonchev–Trinajstić information content (AvgIpc) is 3.03. The van der Waals surface area contributed by atoms with Crippen molar-refractivity contribution >= 4 is 5.91 Å². The van der Waals surface area contributed by atoms with E-state index in [4.69, 9.17) is 5.73 Å². The average molecular weight is 405 g/mol. The number of aromatic nitrogens is 3. The Kier molecular flexibility index (Phi) is 5.04. The molecule has 0 bridgehead atoms. The van der Waals surface area contributed by atoms with Crippen LogP contribution in [0.4, 0.5) is 26.3 Å². The molecule has 1 aliphatic heterocycles. The van der Waals surface area contributed by atoms with E-state index in [2.05, 4.69) is 10.2 Å². The molecule has 3 rings (SSSR count). The van der Waals surface area contributed by atoms with Gasteiger partial charge in [-0.3, -0.25) is 4.79 Å². The number of hydrogen-bond acceptors (Lipinski definition) is 4. The molecule has 0 saturated carbocycles. The van der Waals surface area contributed by atoms with Crippen molar-refractivity contribution in [2.45, 2.75) is 25.7 Å². The van der Waals surface area contributed by atoms with Crippen molar-refractivity contribution in [1.82, 2.24) is 19.7 Å². The van der Waals surface area contributed by atoms with Gasteiger partial charge in [0.2, 0.25) is 11.7 Å². The fourth-order valence-corrected chi connectivity index (χ4v) is 2.78. The van der Waals surface area contributed by atoms with Crippen molar-refractivity contribution in [3.05, 3.63) is 58.6 Å². The highest BCUT2D eigenvalue weighted by molar-refractivity contribution is 5.88. The molecule has 6 nitrogen and oxygen atoms in total. The predicted molar refractivity (Wildman–Crippen MR) is 82.7 cm³/mol. The van der Waals surface area contributed by atoms with Crippen molar-refractivity contribution in [3.63, 3.8) is 0 Å². The Morgan fingerprint density at radius 1 is 1.11 bits per heavy atom. The van der Waals surface area contributed by atoms with Crippen LogP contribution in [0.2, 0.25) is 0 Å². The first-order valence-electron chi connectivity index (χ1n) is 7.94. The lowest BCUT2D eigenvalue weighted by atomic mass is 10.1. The summed E-state index contributed by atoms with van der Waals surface area (Å²) in [5, 5.41) is 6.56. The third-order valence-electron chi connectivity index (χ3n) is 4.11. The molecular weight excluding hydrogens is 392 g/mol. The van der Waals surface area contributed by atoms with E-state index < -0.39 is 35.4 Å². The van der Waals surface area contributed by atoms with Gasteiger partial charge in [0, 0.05) is 37.3 Å². The van der Waals surface area contributed by atoms with Crippen LogP contribution < -0.4 is 5.73 Å². The quantitative estimate of drug-likeness (QED) is 0.482. The number of benzene rings is 1. The Labute approximate surface area is 154 Å². The minimum Gasteiger partial charge on any atom is -0.402 e. The van der Waals surface area contributed by atoms with Gasteiger partial charge in [-0.15, -0.1) is 10.2 Å². The maximum absolute atomic E-state index is 13.7. The molecule has 1 aromatic carbocycles. The van der Waals surface area contributed by atoms with Gasteiger partial charge in [0.15, 0.2) is 17.5 Å². The number of alkyl halides is 3. The van der Waals surface area contributed by atoms with E-state index in [9.17, 15) is 31.1 Å². The molecule has 0 atom stereocenters. The van der Waals surface area contributed by atoms with Gasteiger partial charge in [0.25, 0.3) is 0 Å². The van der Waals surface area contributed by atoms with E-state index in [0.29, 0.717) is 12.1 Å². The molecule has 12 heteroatoms. The molecule has 0 radical (unpaired) electrons. The van der Waals surface area contributed by atoms with Crippen LogP contribution >= 0.6 is 0 Å². The van der Waals surface area contributed by atoms with Crippen LogP contribution in [-0.4, -0.2) is 32.1 Å². The number of amides is 1. The standard InChI is InChI=1S/C16H13F6N5O/c17-10-6-12(19)11(18)4-8(10)3-9(23)5-14(28)26-1-2-27-13(7-26)24-25-15(27)16(20,21)22/h4-6H,1-3,7,23H2/b9-5+. The van der Waals surface area contributed by atoms with Crippen molar-refractivity contribution in [2.75, 3.05) is 6.54 Å². The molecule has 0 saturated heterocycles. The first-order valence-corrected chi connectivity index (χ1v) is 7.94. The highest BCUT2D eigenvalue weighted by Gasteiger charge is 2.39. The van der Waals surface area contributed by atoms with Gasteiger partial charge >= 0.3 is 6.18 Å². The lowest BCUT2D eigenvalue weighted by Gasteiger charge is -2.27. The first kappa shape index (κ1) is 19.7. The van der Waals surface area contributed by atoms with Gasteiger partial charge in [-0.25, -0.2) is 13.2 Å². The zero-order valence-electron chi connectivity index (χ0n) is 14.1. The minimum atomic E-state index is -4.66. The molecule has 150 valence electrons. The van der Waals surface area contributed by atoms with Gasteiger partial charge in [-0.05, 0) is 11.6 Å². The highest BCUT2D eigenvalue weighted by Crippen LogP contribution is 2.29. The zero-order valence-corrected chi connectivity index (χ0v) is 14.1. The highest BCUT2D eigenvalue weighted by atomic mass is 19.4. The monoisotopic (exact) mass is 405 g/mol.